The molecule has 0 spiro atoms. The normalized spacial score (nSPS) is 15.8. The van der Waals surface area contributed by atoms with Crippen molar-refractivity contribution in [1.29, 1.82) is 0 Å². The molecule has 0 aliphatic heterocycles. The zero-order valence-electron chi connectivity index (χ0n) is 18.4. The van der Waals surface area contributed by atoms with Gasteiger partial charge in [0.1, 0.15) is 5.04 Å². The van der Waals surface area contributed by atoms with Gasteiger partial charge in [-0.3, -0.25) is 4.79 Å². The van der Waals surface area contributed by atoms with Crippen LogP contribution >= 0.6 is 0 Å². The van der Waals surface area contributed by atoms with Gasteiger partial charge in [0.05, 0.1) is 0 Å². The maximum absolute atomic E-state index is 13.4. The van der Waals surface area contributed by atoms with E-state index in [-0.39, 0.29) is 11.0 Å². The molecule has 0 fully saturated rings. The summed E-state index contributed by atoms with van der Waals surface area (Å²) in [4.78, 5) is 13.4. The van der Waals surface area contributed by atoms with Crippen molar-refractivity contribution in [3.05, 3.63) is 0 Å². The number of carbonyl (C=O) groups excluding carboxylic acids is 1. The number of hydrogen-bond donors (Lipinski definition) is 0. The van der Waals surface area contributed by atoms with E-state index in [0.717, 1.165) is 12.1 Å². The predicted octanol–water partition coefficient (Wildman–Crippen LogP) is 5.54. The van der Waals surface area contributed by atoms with Crippen LogP contribution in [-0.4, -0.2) is 37.8 Å². The van der Waals surface area contributed by atoms with Crippen molar-refractivity contribution in [2.45, 2.75) is 90.9 Å². The first kappa shape index (κ1) is 24.8. The van der Waals surface area contributed by atoms with Crippen LogP contribution in [0.4, 0.5) is 0 Å². The van der Waals surface area contributed by atoms with Crippen LogP contribution in [0.3, 0.4) is 0 Å². The molecule has 0 aliphatic rings. The SMILES string of the molecule is CCC(C)(C(=O)O[Si](CC(C)C)(CC(C)C)C(C)(C)C)[Si](OC)OC. The summed E-state index contributed by atoms with van der Waals surface area (Å²) in [5.74, 6) is 0.871. The molecule has 0 saturated carbocycles. The summed E-state index contributed by atoms with van der Waals surface area (Å²) >= 11 is 0. The lowest BCUT2D eigenvalue weighted by Crippen LogP contribution is -2.53. The Kier molecular flexibility index (Phi) is 9.60. The summed E-state index contributed by atoms with van der Waals surface area (Å²) in [7, 11) is -0.822. The lowest BCUT2D eigenvalue weighted by Gasteiger charge is -2.45. The van der Waals surface area contributed by atoms with Crippen molar-refractivity contribution in [2.24, 2.45) is 11.8 Å². The van der Waals surface area contributed by atoms with Crippen molar-refractivity contribution in [3.8, 4) is 0 Å². The molecular formula is C19H41O4Si2. The Bertz CT molecular complexity index is 404. The largest absolute Gasteiger partial charge is 0.518 e. The molecule has 1 atom stereocenters. The molecule has 0 rings (SSSR count). The zero-order chi connectivity index (χ0) is 20.1. The summed E-state index contributed by atoms with van der Waals surface area (Å²) in [5.41, 5.74) is 0. The second-order valence-corrected chi connectivity index (χ2v) is 16.2. The van der Waals surface area contributed by atoms with Crippen molar-refractivity contribution in [3.63, 3.8) is 0 Å². The minimum absolute atomic E-state index is 0.0150. The third kappa shape index (κ3) is 6.19. The van der Waals surface area contributed by atoms with Crippen molar-refractivity contribution in [2.75, 3.05) is 14.2 Å². The first-order chi connectivity index (χ1) is 11.3. The monoisotopic (exact) mass is 389 g/mol. The van der Waals surface area contributed by atoms with Gasteiger partial charge in [-0.05, 0) is 42.3 Å². The number of carbonyl (C=O) groups is 1. The van der Waals surface area contributed by atoms with Crippen LogP contribution in [0.2, 0.25) is 22.2 Å². The van der Waals surface area contributed by atoms with Crippen LogP contribution in [0, 0.1) is 11.8 Å². The Morgan fingerprint density at radius 3 is 1.60 bits per heavy atom. The summed E-state index contributed by atoms with van der Waals surface area (Å²) in [6.45, 7) is 19.5. The second-order valence-electron chi connectivity index (χ2n) is 9.21. The molecule has 0 aromatic heterocycles. The van der Waals surface area contributed by atoms with E-state index >= 15 is 0 Å². The second kappa shape index (κ2) is 9.67. The first-order valence-electron chi connectivity index (χ1n) is 9.48. The molecule has 149 valence electrons. The quantitative estimate of drug-likeness (QED) is 0.460. The summed E-state index contributed by atoms with van der Waals surface area (Å²) in [6.07, 6.45) is 0.653. The minimum atomic E-state index is -2.33. The Morgan fingerprint density at radius 2 is 1.36 bits per heavy atom. The highest BCUT2D eigenvalue weighted by Gasteiger charge is 2.54. The minimum Gasteiger partial charge on any atom is -0.518 e. The topological polar surface area (TPSA) is 44.8 Å². The van der Waals surface area contributed by atoms with E-state index in [0.29, 0.717) is 18.3 Å². The van der Waals surface area contributed by atoms with E-state index in [2.05, 4.69) is 48.5 Å². The molecule has 6 heteroatoms. The molecule has 0 aliphatic carbocycles. The molecule has 0 aromatic rings. The van der Waals surface area contributed by atoms with Gasteiger partial charge in [0.15, 0.2) is 0 Å². The van der Waals surface area contributed by atoms with Crippen LogP contribution in [0.15, 0.2) is 0 Å². The van der Waals surface area contributed by atoms with Gasteiger partial charge in [-0.25, -0.2) is 0 Å². The average molecular weight is 390 g/mol. The maximum atomic E-state index is 13.4. The van der Waals surface area contributed by atoms with Gasteiger partial charge in [-0.2, -0.15) is 0 Å². The van der Waals surface area contributed by atoms with E-state index in [1.54, 1.807) is 14.2 Å². The van der Waals surface area contributed by atoms with E-state index in [1.165, 1.54) is 0 Å². The van der Waals surface area contributed by atoms with Gasteiger partial charge in [-0.1, -0.05) is 55.4 Å². The maximum Gasteiger partial charge on any atom is 0.402 e. The van der Waals surface area contributed by atoms with Gasteiger partial charge in [0.2, 0.25) is 0 Å². The predicted molar refractivity (Wildman–Crippen MR) is 109 cm³/mol. The summed E-state index contributed by atoms with van der Waals surface area (Å²) in [6, 6.07) is 1.98. The van der Waals surface area contributed by atoms with Gasteiger partial charge >= 0.3 is 9.28 Å². The molecule has 4 nitrogen and oxygen atoms in total. The molecular weight excluding hydrogens is 348 g/mol. The Hall–Kier alpha value is -0.176. The number of rotatable bonds is 10. The van der Waals surface area contributed by atoms with Gasteiger partial charge < -0.3 is 13.3 Å². The van der Waals surface area contributed by atoms with Crippen LogP contribution in [0.5, 0.6) is 0 Å². The molecule has 0 saturated heterocycles. The molecule has 1 unspecified atom stereocenters. The van der Waals surface area contributed by atoms with Crippen molar-refractivity contribution in [1.82, 2.24) is 0 Å². The summed E-state index contributed by atoms with van der Waals surface area (Å²) < 4.78 is 17.6. The highest BCUT2D eigenvalue weighted by atomic mass is 28.4. The Morgan fingerprint density at radius 1 is 0.960 bits per heavy atom. The van der Waals surface area contributed by atoms with E-state index in [1.807, 2.05) is 13.8 Å². The molecule has 0 amide bonds. The molecule has 0 N–H and O–H groups in total. The van der Waals surface area contributed by atoms with Gasteiger partial charge in [0, 0.05) is 14.2 Å². The summed E-state index contributed by atoms with van der Waals surface area (Å²) in [5, 5.41) is -0.718. The van der Waals surface area contributed by atoms with Gasteiger partial charge in [-0.15, -0.1) is 0 Å². The third-order valence-electron chi connectivity index (χ3n) is 5.11. The smallest absolute Gasteiger partial charge is 0.402 e. The van der Waals surface area contributed by atoms with E-state index in [4.69, 9.17) is 13.3 Å². The molecule has 25 heavy (non-hydrogen) atoms. The highest BCUT2D eigenvalue weighted by Crippen LogP contribution is 2.48. The molecule has 1 radical (unpaired) electrons. The highest BCUT2D eigenvalue weighted by molar-refractivity contribution is 6.78. The van der Waals surface area contributed by atoms with Crippen molar-refractivity contribution >= 4 is 23.6 Å². The van der Waals surface area contributed by atoms with Crippen LogP contribution < -0.4 is 0 Å². The average Bonchev–Trinajstić information content (AvgIpc) is 2.45. The van der Waals surface area contributed by atoms with E-state index < -0.39 is 22.6 Å². The third-order valence-corrected chi connectivity index (χ3v) is 13.6. The Labute approximate surface area is 159 Å². The van der Waals surface area contributed by atoms with E-state index in [9.17, 15) is 4.79 Å². The van der Waals surface area contributed by atoms with Crippen LogP contribution in [0.1, 0.15) is 68.7 Å². The molecule has 0 heterocycles. The van der Waals surface area contributed by atoms with Crippen LogP contribution in [0.25, 0.3) is 0 Å². The lowest BCUT2D eigenvalue weighted by molar-refractivity contribution is -0.140. The number of hydrogen-bond acceptors (Lipinski definition) is 4. The lowest BCUT2D eigenvalue weighted by atomic mass is 10.1. The fraction of sp³-hybridized carbons (Fsp3) is 0.947. The molecule has 0 bridgehead atoms. The molecule has 0 aromatic carbocycles. The Balaban J connectivity index is 5.94. The van der Waals surface area contributed by atoms with Crippen LogP contribution in [-0.2, 0) is 18.1 Å². The van der Waals surface area contributed by atoms with Gasteiger partial charge in [0.25, 0.3) is 14.3 Å². The fourth-order valence-corrected chi connectivity index (χ4v) is 10.2. The fourth-order valence-electron chi connectivity index (χ4n) is 3.45. The standard InChI is InChI=1S/C19H41O4Si2/c1-12-19(9,24(21-10)22-11)17(20)23-25(13-15(2)3,14-16(4)5)18(6,7)8/h15-16H,12-14H2,1-11H3. The zero-order valence-corrected chi connectivity index (χ0v) is 20.4. The van der Waals surface area contributed by atoms with Crippen molar-refractivity contribution < 1.29 is 18.1 Å². The first-order valence-corrected chi connectivity index (χ1v) is 13.1.